The van der Waals surface area contributed by atoms with Crippen molar-refractivity contribution in [1.82, 2.24) is 0 Å². The number of hydrogen-bond donors (Lipinski definition) is 0. The highest BCUT2D eigenvalue weighted by molar-refractivity contribution is 14.1. The molecule has 0 atom stereocenters. The van der Waals surface area contributed by atoms with Crippen LogP contribution in [0.25, 0.3) is 0 Å². The van der Waals surface area contributed by atoms with Crippen LogP contribution in [0.3, 0.4) is 0 Å². The zero-order chi connectivity index (χ0) is 25.2. The minimum Gasteiger partial charge on any atom is -0.493 e. The molecule has 35 heavy (non-hydrogen) atoms. The van der Waals surface area contributed by atoms with Gasteiger partial charge in [0.2, 0.25) is 0 Å². The van der Waals surface area contributed by atoms with Crippen LogP contribution < -0.4 is 13.8 Å². The van der Waals surface area contributed by atoms with Crippen LogP contribution in [0.2, 0.25) is 0 Å². The Kier molecular flexibility index (Phi) is 7.85. The molecule has 5 nitrogen and oxygen atoms in total. The Bertz CT molecular complexity index is 1310. The normalized spacial score (nSPS) is 13.5. The highest BCUT2D eigenvalue weighted by Gasteiger charge is 2.34. The number of anilines is 1. The maximum Gasteiger partial charge on any atom is 0.264 e. The summed E-state index contributed by atoms with van der Waals surface area (Å²) in [5, 5.41) is 0. The number of benzene rings is 3. The SMILES string of the molecule is COc1ccc(S(=O)(=O)N(CC2CC2)c2ccc(CI)cc2Cc2c(F)cccc2F)cc1OC. The van der Waals surface area contributed by atoms with Gasteiger partial charge in [-0.1, -0.05) is 40.8 Å². The summed E-state index contributed by atoms with van der Waals surface area (Å²) in [6.45, 7) is 0.285. The summed E-state index contributed by atoms with van der Waals surface area (Å²) in [5.41, 5.74) is 1.82. The van der Waals surface area contributed by atoms with E-state index in [2.05, 4.69) is 22.6 Å². The molecule has 3 aromatic carbocycles. The predicted molar refractivity (Wildman–Crippen MR) is 140 cm³/mol. The van der Waals surface area contributed by atoms with E-state index < -0.39 is 21.7 Å². The van der Waals surface area contributed by atoms with Crippen molar-refractivity contribution in [3.05, 3.63) is 82.9 Å². The van der Waals surface area contributed by atoms with Crippen LogP contribution in [0, 0.1) is 17.6 Å². The van der Waals surface area contributed by atoms with Crippen molar-refractivity contribution in [2.24, 2.45) is 5.92 Å². The van der Waals surface area contributed by atoms with Crippen LogP contribution in [0.15, 0.2) is 59.5 Å². The number of hydrogen-bond acceptors (Lipinski definition) is 4. The molecule has 0 N–H and O–H groups in total. The van der Waals surface area contributed by atoms with Crippen molar-refractivity contribution in [1.29, 1.82) is 0 Å². The van der Waals surface area contributed by atoms with Gasteiger partial charge in [0.05, 0.1) is 24.8 Å². The quantitative estimate of drug-likeness (QED) is 0.205. The van der Waals surface area contributed by atoms with Gasteiger partial charge in [-0.15, -0.1) is 0 Å². The van der Waals surface area contributed by atoms with Crippen molar-refractivity contribution in [3.8, 4) is 11.5 Å². The lowest BCUT2D eigenvalue weighted by molar-refractivity contribution is 0.354. The fourth-order valence-electron chi connectivity index (χ4n) is 3.96. The van der Waals surface area contributed by atoms with E-state index >= 15 is 0 Å². The highest BCUT2D eigenvalue weighted by atomic mass is 127. The maximum atomic E-state index is 14.5. The summed E-state index contributed by atoms with van der Waals surface area (Å²) < 4.78 is 69.5. The van der Waals surface area contributed by atoms with Gasteiger partial charge in [0.15, 0.2) is 11.5 Å². The predicted octanol–water partition coefficient (Wildman–Crippen LogP) is 6.11. The first kappa shape index (κ1) is 25.7. The van der Waals surface area contributed by atoms with Gasteiger partial charge in [-0.05, 0) is 60.2 Å². The molecule has 186 valence electrons. The molecule has 1 saturated carbocycles. The molecule has 9 heteroatoms. The number of halogens is 3. The first-order valence-corrected chi connectivity index (χ1v) is 14.1. The lowest BCUT2D eigenvalue weighted by Gasteiger charge is -2.28. The summed E-state index contributed by atoms with van der Waals surface area (Å²) >= 11 is 2.21. The number of ether oxygens (including phenoxy) is 2. The van der Waals surface area contributed by atoms with Gasteiger partial charge in [-0.2, -0.15) is 0 Å². The molecule has 1 aliphatic carbocycles. The zero-order valence-corrected chi connectivity index (χ0v) is 22.4. The summed E-state index contributed by atoms with van der Waals surface area (Å²) in [5.74, 6) is -0.372. The largest absolute Gasteiger partial charge is 0.493 e. The Hall–Kier alpha value is -2.40. The molecule has 0 radical (unpaired) electrons. The molecule has 1 aliphatic rings. The van der Waals surface area contributed by atoms with Gasteiger partial charge in [0, 0.05) is 29.0 Å². The molecule has 0 unspecified atom stereocenters. The smallest absolute Gasteiger partial charge is 0.264 e. The number of alkyl halides is 1. The third-order valence-corrected chi connectivity index (χ3v) is 8.72. The number of rotatable bonds is 10. The average Bonchev–Trinajstić information content (AvgIpc) is 3.68. The molecule has 0 spiro atoms. The Labute approximate surface area is 218 Å². The van der Waals surface area contributed by atoms with Crippen LogP contribution in [-0.4, -0.2) is 29.2 Å². The Balaban J connectivity index is 1.84. The number of nitrogens with zero attached hydrogens (tertiary/aromatic N) is 1. The van der Waals surface area contributed by atoms with Gasteiger partial charge in [-0.25, -0.2) is 17.2 Å². The molecule has 0 aliphatic heterocycles. The van der Waals surface area contributed by atoms with E-state index in [9.17, 15) is 17.2 Å². The highest BCUT2D eigenvalue weighted by Crippen LogP contribution is 2.38. The Morgan fingerprint density at radius 1 is 0.971 bits per heavy atom. The summed E-state index contributed by atoms with van der Waals surface area (Å²) in [6.07, 6.45) is 1.79. The van der Waals surface area contributed by atoms with Crippen molar-refractivity contribution in [3.63, 3.8) is 0 Å². The maximum absolute atomic E-state index is 14.5. The number of sulfonamides is 1. The van der Waals surface area contributed by atoms with E-state index in [0.717, 1.165) is 18.4 Å². The fourth-order valence-corrected chi connectivity index (χ4v) is 6.03. The zero-order valence-electron chi connectivity index (χ0n) is 19.4. The van der Waals surface area contributed by atoms with Crippen LogP contribution in [0.1, 0.15) is 29.5 Å². The van der Waals surface area contributed by atoms with Crippen molar-refractivity contribution in [2.75, 3.05) is 25.1 Å². The first-order valence-electron chi connectivity index (χ1n) is 11.1. The molecular weight excluding hydrogens is 587 g/mol. The molecule has 1 fully saturated rings. The van der Waals surface area contributed by atoms with E-state index in [1.54, 1.807) is 12.1 Å². The third-order valence-electron chi connectivity index (χ3n) is 6.06. The lowest BCUT2D eigenvalue weighted by atomic mass is 10.00. The molecule has 0 bridgehead atoms. The second-order valence-electron chi connectivity index (χ2n) is 8.47. The molecule has 0 saturated heterocycles. The molecular formula is C26H26F2INO4S. The average molecular weight is 613 g/mol. The molecule has 3 aromatic rings. The van der Waals surface area contributed by atoms with Gasteiger partial charge in [-0.3, -0.25) is 4.31 Å². The fraction of sp³-hybridized carbons (Fsp3) is 0.308. The van der Waals surface area contributed by atoms with E-state index in [0.29, 0.717) is 27.2 Å². The Morgan fingerprint density at radius 2 is 1.66 bits per heavy atom. The first-order chi connectivity index (χ1) is 16.8. The number of methoxy groups -OCH3 is 2. The second-order valence-corrected chi connectivity index (χ2v) is 11.1. The Morgan fingerprint density at radius 3 is 2.26 bits per heavy atom. The topological polar surface area (TPSA) is 55.8 Å². The molecule has 0 heterocycles. The van der Waals surface area contributed by atoms with Crippen molar-refractivity contribution >= 4 is 38.3 Å². The van der Waals surface area contributed by atoms with E-state index in [4.69, 9.17) is 9.47 Å². The summed E-state index contributed by atoms with van der Waals surface area (Å²) in [4.78, 5) is 0.0526. The lowest BCUT2D eigenvalue weighted by Crippen LogP contribution is -2.34. The van der Waals surface area contributed by atoms with Gasteiger partial charge in [0.1, 0.15) is 11.6 Å². The summed E-state index contributed by atoms with van der Waals surface area (Å²) in [6, 6.07) is 13.6. The third kappa shape index (κ3) is 5.55. The minimum absolute atomic E-state index is 0.0526. The molecule has 0 amide bonds. The summed E-state index contributed by atoms with van der Waals surface area (Å²) in [7, 11) is -1.09. The van der Waals surface area contributed by atoms with Crippen LogP contribution in [0.4, 0.5) is 14.5 Å². The van der Waals surface area contributed by atoms with Gasteiger partial charge < -0.3 is 9.47 Å². The van der Waals surface area contributed by atoms with E-state index in [1.165, 1.54) is 48.9 Å². The van der Waals surface area contributed by atoms with Gasteiger partial charge in [0.25, 0.3) is 10.0 Å². The van der Waals surface area contributed by atoms with Crippen LogP contribution in [-0.2, 0) is 20.9 Å². The monoisotopic (exact) mass is 613 g/mol. The van der Waals surface area contributed by atoms with Crippen molar-refractivity contribution < 1.29 is 26.7 Å². The van der Waals surface area contributed by atoms with Crippen LogP contribution >= 0.6 is 22.6 Å². The second kappa shape index (κ2) is 10.7. The van der Waals surface area contributed by atoms with E-state index in [-0.39, 0.29) is 29.3 Å². The molecule has 0 aromatic heterocycles. The molecule has 4 rings (SSSR count). The van der Waals surface area contributed by atoms with E-state index in [1.807, 2.05) is 12.1 Å². The standard InChI is InChI=1S/C26H26F2INO4S/c1-33-25-11-9-20(14-26(25)34-2)35(31,32)30(16-17-6-7-17)24-10-8-18(15-29)12-19(24)13-21-22(27)4-3-5-23(21)28/h3-5,8-12,14,17H,6-7,13,15-16H2,1-2H3. The van der Waals surface area contributed by atoms with Crippen molar-refractivity contribution in [2.45, 2.75) is 28.6 Å². The van der Waals surface area contributed by atoms with Gasteiger partial charge >= 0.3 is 0 Å². The van der Waals surface area contributed by atoms with Crippen LogP contribution in [0.5, 0.6) is 11.5 Å². The minimum atomic E-state index is -4.01.